The predicted octanol–water partition coefficient (Wildman–Crippen LogP) is 1.46. The molecular formula is C15H24N2O2. The van der Waals surface area contributed by atoms with Gasteiger partial charge in [-0.05, 0) is 37.6 Å². The maximum absolute atomic E-state index is 12.2. The zero-order valence-electron chi connectivity index (χ0n) is 12.0. The molecule has 0 saturated heterocycles. The molecule has 0 heterocycles. The summed E-state index contributed by atoms with van der Waals surface area (Å²) in [6.07, 6.45) is 0.855. The van der Waals surface area contributed by atoms with Gasteiger partial charge in [-0.25, -0.2) is 0 Å². The van der Waals surface area contributed by atoms with Gasteiger partial charge in [-0.1, -0.05) is 25.1 Å². The third-order valence-electron chi connectivity index (χ3n) is 2.97. The number of carbonyl (C=O) groups is 1. The minimum absolute atomic E-state index is 0.00495. The number of ether oxygens (including phenoxy) is 1. The van der Waals surface area contributed by atoms with Crippen LogP contribution in [0.4, 0.5) is 0 Å². The lowest BCUT2D eigenvalue weighted by Gasteiger charge is -2.13. The number of nitrogens with one attached hydrogen (secondary N) is 2. The van der Waals surface area contributed by atoms with E-state index in [1.807, 2.05) is 31.3 Å². The van der Waals surface area contributed by atoms with Crippen LogP contribution in [0.15, 0.2) is 24.3 Å². The molecule has 4 heteroatoms. The zero-order valence-corrected chi connectivity index (χ0v) is 12.0. The van der Waals surface area contributed by atoms with Crippen LogP contribution in [0.1, 0.15) is 22.8 Å². The molecule has 106 valence electrons. The van der Waals surface area contributed by atoms with Crippen molar-refractivity contribution >= 4 is 5.91 Å². The van der Waals surface area contributed by atoms with Gasteiger partial charge in [-0.15, -0.1) is 0 Å². The van der Waals surface area contributed by atoms with Crippen molar-refractivity contribution in [3.8, 4) is 0 Å². The lowest BCUT2D eigenvalue weighted by Crippen LogP contribution is -2.30. The summed E-state index contributed by atoms with van der Waals surface area (Å²) in [4.78, 5) is 12.2. The number of amides is 1. The summed E-state index contributed by atoms with van der Waals surface area (Å²) in [5.74, 6) is 0.313. The van der Waals surface area contributed by atoms with Crippen molar-refractivity contribution in [3.63, 3.8) is 0 Å². The Morgan fingerprint density at radius 3 is 2.79 bits per heavy atom. The average molecular weight is 264 g/mol. The van der Waals surface area contributed by atoms with Gasteiger partial charge in [0, 0.05) is 19.2 Å². The fourth-order valence-corrected chi connectivity index (χ4v) is 1.93. The van der Waals surface area contributed by atoms with Gasteiger partial charge in [-0.2, -0.15) is 0 Å². The number of benzene rings is 1. The molecule has 19 heavy (non-hydrogen) atoms. The number of hydrogen-bond donors (Lipinski definition) is 2. The molecule has 0 aromatic heterocycles. The minimum atomic E-state index is -0.00495. The van der Waals surface area contributed by atoms with Gasteiger partial charge < -0.3 is 15.4 Å². The van der Waals surface area contributed by atoms with Crippen LogP contribution in [0.3, 0.4) is 0 Å². The molecule has 1 atom stereocenters. The number of likely N-dealkylation sites (N-methyl/N-ethyl adjacent to an activating group) is 1. The third kappa shape index (κ3) is 5.41. The van der Waals surface area contributed by atoms with Gasteiger partial charge in [0.15, 0.2) is 0 Å². The van der Waals surface area contributed by atoms with Crippen molar-refractivity contribution in [1.29, 1.82) is 0 Å². The Hall–Kier alpha value is -1.39. The highest BCUT2D eigenvalue weighted by Crippen LogP contribution is 2.09. The summed E-state index contributed by atoms with van der Waals surface area (Å²) >= 11 is 0. The first-order valence-electron chi connectivity index (χ1n) is 6.68. The molecule has 0 fully saturated rings. The average Bonchev–Trinajstić information content (AvgIpc) is 2.43. The van der Waals surface area contributed by atoms with E-state index < -0.39 is 0 Å². The first-order valence-corrected chi connectivity index (χ1v) is 6.68. The SMILES string of the molecule is CNCCc1ccccc1C(=O)NCC(C)COC. The van der Waals surface area contributed by atoms with Crippen LogP contribution < -0.4 is 10.6 Å². The number of methoxy groups -OCH3 is 1. The Morgan fingerprint density at radius 1 is 1.37 bits per heavy atom. The molecule has 2 N–H and O–H groups in total. The maximum atomic E-state index is 12.2. The minimum Gasteiger partial charge on any atom is -0.384 e. The van der Waals surface area contributed by atoms with E-state index in [1.165, 1.54) is 0 Å². The van der Waals surface area contributed by atoms with Crippen molar-refractivity contribution in [2.75, 3.05) is 33.9 Å². The molecule has 0 radical (unpaired) electrons. The molecule has 4 nitrogen and oxygen atoms in total. The Kier molecular flexibility index (Phi) is 7.15. The summed E-state index contributed by atoms with van der Waals surface area (Å²) in [6.45, 7) is 4.20. The van der Waals surface area contributed by atoms with E-state index in [9.17, 15) is 4.79 Å². The van der Waals surface area contributed by atoms with Crippen molar-refractivity contribution in [3.05, 3.63) is 35.4 Å². The molecule has 1 amide bonds. The normalized spacial score (nSPS) is 12.2. The molecule has 0 spiro atoms. The second kappa shape index (κ2) is 8.67. The molecule has 1 unspecified atom stereocenters. The van der Waals surface area contributed by atoms with Gasteiger partial charge in [0.25, 0.3) is 5.91 Å². The first kappa shape index (κ1) is 15.7. The van der Waals surface area contributed by atoms with Gasteiger partial charge >= 0.3 is 0 Å². The Labute approximate surface area is 115 Å². The number of carbonyl (C=O) groups excluding carboxylic acids is 1. The van der Waals surface area contributed by atoms with Crippen molar-refractivity contribution in [1.82, 2.24) is 10.6 Å². The Morgan fingerprint density at radius 2 is 2.11 bits per heavy atom. The van der Waals surface area contributed by atoms with E-state index in [0.29, 0.717) is 19.1 Å². The summed E-state index contributed by atoms with van der Waals surface area (Å²) in [7, 11) is 3.58. The fraction of sp³-hybridized carbons (Fsp3) is 0.533. The molecule has 0 aliphatic heterocycles. The number of hydrogen-bond acceptors (Lipinski definition) is 3. The van der Waals surface area contributed by atoms with E-state index in [0.717, 1.165) is 24.1 Å². The third-order valence-corrected chi connectivity index (χ3v) is 2.97. The van der Waals surface area contributed by atoms with Crippen LogP contribution in [-0.4, -0.2) is 39.8 Å². The molecule has 1 rings (SSSR count). The second-order valence-electron chi connectivity index (χ2n) is 4.78. The predicted molar refractivity (Wildman–Crippen MR) is 77.4 cm³/mol. The lowest BCUT2D eigenvalue weighted by molar-refractivity contribution is 0.0933. The van der Waals surface area contributed by atoms with Crippen LogP contribution >= 0.6 is 0 Å². The molecule has 1 aromatic carbocycles. The van der Waals surface area contributed by atoms with Gasteiger partial charge in [0.2, 0.25) is 0 Å². The van der Waals surface area contributed by atoms with Crippen LogP contribution in [-0.2, 0) is 11.2 Å². The first-order chi connectivity index (χ1) is 9.19. The molecule has 0 bridgehead atoms. The summed E-state index contributed by atoms with van der Waals surface area (Å²) < 4.78 is 5.06. The van der Waals surface area contributed by atoms with Crippen molar-refractivity contribution < 1.29 is 9.53 Å². The van der Waals surface area contributed by atoms with E-state index >= 15 is 0 Å². The smallest absolute Gasteiger partial charge is 0.251 e. The van der Waals surface area contributed by atoms with Gasteiger partial charge in [-0.3, -0.25) is 4.79 Å². The lowest BCUT2D eigenvalue weighted by atomic mass is 10.0. The largest absolute Gasteiger partial charge is 0.384 e. The van der Waals surface area contributed by atoms with E-state index in [1.54, 1.807) is 7.11 Å². The number of rotatable bonds is 8. The van der Waals surface area contributed by atoms with Crippen LogP contribution in [0, 0.1) is 5.92 Å². The highest BCUT2D eigenvalue weighted by atomic mass is 16.5. The quantitative estimate of drug-likeness (QED) is 0.747. The van der Waals surface area contributed by atoms with E-state index in [2.05, 4.69) is 17.6 Å². The molecule has 0 aliphatic carbocycles. The van der Waals surface area contributed by atoms with Crippen LogP contribution in [0.2, 0.25) is 0 Å². The standard InChI is InChI=1S/C15H24N2O2/c1-12(11-19-3)10-17-15(18)14-7-5-4-6-13(14)8-9-16-2/h4-7,12,16H,8-11H2,1-3H3,(H,17,18). The van der Waals surface area contributed by atoms with Gasteiger partial charge in [0.05, 0.1) is 6.61 Å². The zero-order chi connectivity index (χ0) is 14.1. The summed E-state index contributed by atoms with van der Waals surface area (Å²) in [5, 5.41) is 6.06. The molecular weight excluding hydrogens is 240 g/mol. The maximum Gasteiger partial charge on any atom is 0.251 e. The molecule has 0 saturated carbocycles. The Balaban J connectivity index is 2.60. The Bertz CT molecular complexity index is 393. The van der Waals surface area contributed by atoms with Crippen LogP contribution in [0.25, 0.3) is 0 Å². The highest BCUT2D eigenvalue weighted by molar-refractivity contribution is 5.95. The van der Waals surface area contributed by atoms with Crippen LogP contribution in [0.5, 0.6) is 0 Å². The van der Waals surface area contributed by atoms with Gasteiger partial charge in [0.1, 0.15) is 0 Å². The highest BCUT2D eigenvalue weighted by Gasteiger charge is 2.11. The van der Waals surface area contributed by atoms with E-state index in [4.69, 9.17) is 4.74 Å². The van der Waals surface area contributed by atoms with E-state index in [-0.39, 0.29) is 5.91 Å². The van der Waals surface area contributed by atoms with Crippen molar-refractivity contribution in [2.45, 2.75) is 13.3 Å². The molecule has 1 aromatic rings. The summed E-state index contributed by atoms with van der Waals surface area (Å²) in [6, 6.07) is 7.75. The fourth-order valence-electron chi connectivity index (χ4n) is 1.93. The monoisotopic (exact) mass is 264 g/mol. The van der Waals surface area contributed by atoms with Crippen molar-refractivity contribution in [2.24, 2.45) is 5.92 Å². The topological polar surface area (TPSA) is 50.4 Å². The summed E-state index contributed by atoms with van der Waals surface area (Å²) in [5.41, 5.74) is 1.84. The molecule has 0 aliphatic rings. The second-order valence-corrected chi connectivity index (χ2v) is 4.78.